The van der Waals surface area contributed by atoms with Crippen LogP contribution in [0.25, 0.3) is 0 Å². The van der Waals surface area contributed by atoms with E-state index in [0.29, 0.717) is 5.82 Å². The number of hydrogen-bond donors (Lipinski definition) is 1. The molecule has 1 unspecified atom stereocenters. The third-order valence-electron chi connectivity index (χ3n) is 5.65. The van der Waals surface area contributed by atoms with E-state index in [4.69, 9.17) is 9.47 Å². The van der Waals surface area contributed by atoms with Gasteiger partial charge in [-0.3, -0.25) is 5.32 Å². The summed E-state index contributed by atoms with van der Waals surface area (Å²) in [4.78, 5) is 29.2. The molecule has 1 amide bonds. The summed E-state index contributed by atoms with van der Waals surface area (Å²) in [5.41, 5.74) is 5.95. The molecule has 8 heteroatoms. The number of aryl methyl sites for hydroxylation is 3. The highest BCUT2D eigenvalue weighted by atomic mass is 16.6. The van der Waals surface area contributed by atoms with Crippen molar-refractivity contribution < 1.29 is 19.1 Å². The van der Waals surface area contributed by atoms with Crippen LogP contribution in [0.15, 0.2) is 12.4 Å². The van der Waals surface area contributed by atoms with Gasteiger partial charge in [-0.15, -0.1) is 0 Å². The number of aromatic nitrogens is 3. The molecule has 1 aromatic heterocycles. The van der Waals surface area contributed by atoms with Crippen molar-refractivity contribution in [3.8, 4) is 0 Å². The van der Waals surface area contributed by atoms with Crippen molar-refractivity contribution in [1.29, 1.82) is 0 Å². The summed E-state index contributed by atoms with van der Waals surface area (Å²) >= 11 is 0. The zero-order valence-electron chi connectivity index (χ0n) is 16.9. The number of rotatable bonds is 6. The van der Waals surface area contributed by atoms with E-state index in [1.807, 2.05) is 0 Å². The van der Waals surface area contributed by atoms with E-state index in [2.05, 4.69) is 21.5 Å². The SMILES string of the molecule is CCOC(=O)C(Cn1ncnc1C)OC(=O)Nc1c2c(cc3c1CCC3)CCC2. The Balaban J connectivity index is 1.53. The Hall–Kier alpha value is -2.90. The Bertz CT molecular complexity index is 905. The van der Waals surface area contributed by atoms with E-state index in [1.165, 1.54) is 33.3 Å². The second-order valence-electron chi connectivity index (χ2n) is 7.49. The molecule has 29 heavy (non-hydrogen) atoms. The summed E-state index contributed by atoms with van der Waals surface area (Å²) in [5, 5.41) is 7.02. The lowest BCUT2D eigenvalue weighted by Gasteiger charge is -2.19. The van der Waals surface area contributed by atoms with Crippen LogP contribution in [0.2, 0.25) is 0 Å². The van der Waals surface area contributed by atoms with Gasteiger partial charge in [0.25, 0.3) is 0 Å². The highest BCUT2D eigenvalue weighted by molar-refractivity contribution is 5.90. The van der Waals surface area contributed by atoms with Gasteiger partial charge in [0.2, 0.25) is 6.10 Å². The molecule has 1 aromatic carbocycles. The van der Waals surface area contributed by atoms with Gasteiger partial charge in [0, 0.05) is 0 Å². The van der Waals surface area contributed by atoms with Crippen LogP contribution in [0.5, 0.6) is 0 Å². The molecule has 1 N–H and O–H groups in total. The number of carbonyl (C=O) groups is 2. The molecule has 0 radical (unpaired) electrons. The first-order valence-corrected chi connectivity index (χ1v) is 10.2. The topological polar surface area (TPSA) is 95.3 Å². The number of anilines is 1. The Labute approximate surface area is 169 Å². The summed E-state index contributed by atoms with van der Waals surface area (Å²) in [6.07, 6.45) is 5.85. The average Bonchev–Trinajstić information content (AvgIpc) is 3.42. The molecule has 1 heterocycles. The van der Waals surface area contributed by atoms with Crippen LogP contribution >= 0.6 is 0 Å². The molecule has 1 atom stereocenters. The molecule has 154 valence electrons. The number of nitrogens with zero attached hydrogens (tertiary/aromatic N) is 3. The molecule has 2 aliphatic carbocycles. The molecule has 2 aliphatic rings. The number of carbonyl (C=O) groups excluding carboxylic acids is 2. The number of benzene rings is 1. The van der Waals surface area contributed by atoms with Crippen molar-refractivity contribution in [2.75, 3.05) is 11.9 Å². The van der Waals surface area contributed by atoms with Crippen LogP contribution in [-0.2, 0) is 46.5 Å². The van der Waals surface area contributed by atoms with Crippen LogP contribution in [-0.4, -0.2) is 39.5 Å². The Kier molecular flexibility index (Phi) is 5.51. The maximum absolute atomic E-state index is 12.8. The second-order valence-corrected chi connectivity index (χ2v) is 7.49. The monoisotopic (exact) mass is 398 g/mol. The highest BCUT2D eigenvalue weighted by Crippen LogP contribution is 2.38. The van der Waals surface area contributed by atoms with Crippen molar-refractivity contribution in [3.63, 3.8) is 0 Å². The molecule has 0 spiro atoms. The van der Waals surface area contributed by atoms with Gasteiger partial charge in [0.1, 0.15) is 12.2 Å². The fourth-order valence-electron chi connectivity index (χ4n) is 4.28. The minimum atomic E-state index is -1.10. The van der Waals surface area contributed by atoms with Gasteiger partial charge < -0.3 is 9.47 Å². The molecule has 0 fully saturated rings. The van der Waals surface area contributed by atoms with Gasteiger partial charge in [-0.25, -0.2) is 19.3 Å². The van der Waals surface area contributed by atoms with Gasteiger partial charge in [-0.2, -0.15) is 5.10 Å². The van der Waals surface area contributed by atoms with Crippen LogP contribution < -0.4 is 5.32 Å². The summed E-state index contributed by atoms with van der Waals surface area (Å²) in [6.45, 7) is 3.75. The lowest BCUT2D eigenvalue weighted by atomic mass is 9.99. The van der Waals surface area contributed by atoms with Crippen molar-refractivity contribution in [1.82, 2.24) is 14.8 Å². The number of amides is 1. The van der Waals surface area contributed by atoms with E-state index in [0.717, 1.165) is 44.2 Å². The first-order valence-electron chi connectivity index (χ1n) is 10.2. The van der Waals surface area contributed by atoms with Crippen molar-refractivity contribution in [2.24, 2.45) is 0 Å². The molecular formula is C21H26N4O4. The Morgan fingerprint density at radius 1 is 1.17 bits per heavy atom. The highest BCUT2D eigenvalue weighted by Gasteiger charge is 2.29. The fourth-order valence-corrected chi connectivity index (χ4v) is 4.28. The van der Waals surface area contributed by atoms with Crippen LogP contribution in [0, 0.1) is 6.92 Å². The van der Waals surface area contributed by atoms with E-state index in [-0.39, 0.29) is 13.2 Å². The number of hydrogen-bond acceptors (Lipinski definition) is 6. The normalized spacial score (nSPS) is 15.5. The maximum atomic E-state index is 12.8. The smallest absolute Gasteiger partial charge is 0.412 e. The van der Waals surface area contributed by atoms with Gasteiger partial charge >= 0.3 is 12.1 Å². The number of fused-ring (bicyclic) bond motifs is 2. The minimum absolute atomic E-state index is 0.0586. The van der Waals surface area contributed by atoms with Crippen LogP contribution in [0.3, 0.4) is 0 Å². The molecule has 2 aromatic rings. The standard InChI is InChI=1S/C21H26N4O4/c1-3-28-20(26)18(11-25-13(2)22-12-23-25)29-21(27)24-19-16-8-4-6-14(16)10-15-7-5-9-17(15)19/h10,12,18H,3-9,11H2,1-2H3,(H,24,27). The first-order chi connectivity index (χ1) is 14.1. The van der Waals surface area contributed by atoms with E-state index in [9.17, 15) is 9.59 Å². The molecule has 4 rings (SSSR count). The second kappa shape index (κ2) is 8.23. The predicted octanol–water partition coefficient (Wildman–Crippen LogP) is 2.74. The lowest BCUT2D eigenvalue weighted by molar-refractivity contribution is -0.153. The van der Waals surface area contributed by atoms with Gasteiger partial charge in [-0.05, 0) is 74.6 Å². The Morgan fingerprint density at radius 3 is 2.45 bits per heavy atom. The molecule has 0 aliphatic heterocycles. The van der Waals surface area contributed by atoms with Gasteiger partial charge in [-0.1, -0.05) is 6.07 Å². The molecule has 8 nitrogen and oxygen atoms in total. The summed E-state index contributed by atoms with van der Waals surface area (Å²) in [5.74, 6) is 0.0306. The molecular weight excluding hydrogens is 372 g/mol. The van der Waals surface area contributed by atoms with Crippen LogP contribution in [0.1, 0.15) is 47.8 Å². The lowest BCUT2D eigenvalue weighted by Crippen LogP contribution is -2.35. The summed E-state index contributed by atoms with van der Waals surface area (Å²) in [6, 6.07) is 2.30. The van der Waals surface area contributed by atoms with Gasteiger partial charge in [0.05, 0.1) is 18.8 Å². The van der Waals surface area contributed by atoms with Crippen molar-refractivity contribution in [2.45, 2.75) is 65.0 Å². The number of esters is 1. The van der Waals surface area contributed by atoms with Crippen molar-refractivity contribution >= 4 is 17.7 Å². The quantitative estimate of drug-likeness (QED) is 0.752. The number of nitrogens with one attached hydrogen (secondary N) is 1. The molecule has 0 bridgehead atoms. The minimum Gasteiger partial charge on any atom is -0.463 e. The van der Waals surface area contributed by atoms with E-state index in [1.54, 1.807) is 13.8 Å². The fraction of sp³-hybridized carbons (Fsp3) is 0.524. The average molecular weight is 398 g/mol. The zero-order valence-corrected chi connectivity index (χ0v) is 16.9. The zero-order chi connectivity index (χ0) is 20.4. The van der Waals surface area contributed by atoms with Crippen molar-refractivity contribution in [3.05, 3.63) is 40.5 Å². The largest absolute Gasteiger partial charge is 0.463 e. The first kappa shape index (κ1) is 19.4. The third kappa shape index (κ3) is 3.97. The number of ether oxygens (including phenoxy) is 2. The summed E-state index contributed by atoms with van der Waals surface area (Å²) < 4.78 is 12.1. The summed E-state index contributed by atoms with van der Waals surface area (Å²) in [7, 11) is 0. The molecule has 0 saturated carbocycles. The van der Waals surface area contributed by atoms with Gasteiger partial charge in [0.15, 0.2) is 0 Å². The maximum Gasteiger partial charge on any atom is 0.412 e. The third-order valence-corrected chi connectivity index (χ3v) is 5.65. The van der Waals surface area contributed by atoms with Crippen LogP contribution in [0.4, 0.5) is 10.5 Å². The Morgan fingerprint density at radius 2 is 1.86 bits per heavy atom. The van der Waals surface area contributed by atoms with E-state index < -0.39 is 18.2 Å². The molecule has 0 saturated heterocycles. The predicted molar refractivity (Wildman–Crippen MR) is 106 cm³/mol. The van der Waals surface area contributed by atoms with E-state index >= 15 is 0 Å².